The first-order valence-corrected chi connectivity index (χ1v) is 12.0. The summed E-state index contributed by atoms with van der Waals surface area (Å²) >= 11 is 0. The Labute approximate surface area is 204 Å². The maximum atomic E-state index is 12.6. The summed E-state index contributed by atoms with van der Waals surface area (Å²) in [6.07, 6.45) is 5.27. The molecule has 2 aliphatic rings. The van der Waals surface area contributed by atoms with Crippen molar-refractivity contribution in [2.45, 2.75) is 51.2 Å². The van der Waals surface area contributed by atoms with Gasteiger partial charge in [0, 0.05) is 36.5 Å². The number of anilines is 1. The lowest BCUT2D eigenvalue weighted by molar-refractivity contribution is -0.126. The monoisotopic (exact) mass is 468 g/mol. The van der Waals surface area contributed by atoms with Gasteiger partial charge in [-0.05, 0) is 62.8 Å². The topological polar surface area (TPSA) is 106 Å². The van der Waals surface area contributed by atoms with Gasteiger partial charge in [0.15, 0.2) is 0 Å². The average molecular weight is 469 g/mol. The maximum Gasteiger partial charge on any atom is 0.299 e. The highest BCUT2D eigenvalue weighted by atomic mass is 16.2. The Hall–Kier alpha value is -3.96. The molecule has 8 heteroatoms. The molecule has 5 rings (SSSR count). The van der Waals surface area contributed by atoms with Gasteiger partial charge in [0.25, 0.3) is 11.8 Å². The second-order valence-corrected chi connectivity index (χ2v) is 8.88. The number of hydrogen-bond donors (Lipinski definition) is 2. The predicted octanol–water partition coefficient (Wildman–Crippen LogP) is 3.68. The summed E-state index contributed by atoms with van der Waals surface area (Å²) in [4.78, 5) is 36.3. The van der Waals surface area contributed by atoms with Gasteiger partial charge < -0.3 is 20.5 Å². The third kappa shape index (κ3) is 4.43. The van der Waals surface area contributed by atoms with E-state index in [0.29, 0.717) is 17.9 Å². The Kier molecular flexibility index (Phi) is 6.34. The number of carbonyl (C=O) groups excluding carboxylic acids is 2. The highest BCUT2D eigenvalue weighted by molar-refractivity contribution is 6.04. The molecule has 2 atom stereocenters. The Morgan fingerprint density at radius 1 is 1.09 bits per heavy atom. The van der Waals surface area contributed by atoms with Gasteiger partial charge in [0.1, 0.15) is 11.6 Å². The molecule has 178 valence electrons. The summed E-state index contributed by atoms with van der Waals surface area (Å²) in [5, 5.41) is 2.80. The van der Waals surface area contributed by atoms with Crippen LogP contribution in [0.25, 0.3) is 11.3 Å². The molecule has 0 spiro atoms. The SMILES string of the molecule is CC#CC(=O)N1CCCC1c1nc(-c2ccc(C(=O)Nc3ccccn3)cc2)c2n1CCC[C@@H]2N. The molecule has 8 nitrogen and oxygen atoms in total. The van der Waals surface area contributed by atoms with Crippen LogP contribution in [-0.4, -0.2) is 37.8 Å². The quantitative estimate of drug-likeness (QED) is 0.568. The summed E-state index contributed by atoms with van der Waals surface area (Å²) in [5.74, 6) is 6.41. The van der Waals surface area contributed by atoms with E-state index in [2.05, 4.69) is 26.7 Å². The van der Waals surface area contributed by atoms with Gasteiger partial charge in [-0.2, -0.15) is 0 Å². The molecule has 1 unspecified atom stereocenters. The molecule has 0 saturated carbocycles. The lowest BCUT2D eigenvalue weighted by atomic mass is 9.99. The fraction of sp³-hybridized carbons (Fsp3) is 0.333. The Bertz CT molecular complexity index is 1300. The van der Waals surface area contributed by atoms with Gasteiger partial charge in [-0.1, -0.05) is 24.1 Å². The Morgan fingerprint density at radius 2 is 1.89 bits per heavy atom. The van der Waals surface area contributed by atoms with Crippen molar-refractivity contribution in [3.8, 4) is 23.1 Å². The van der Waals surface area contributed by atoms with Crippen molar-refractivity contribution in [3.63, 3.8) is 0 Å². The van der Waals surface area contributed by atoms with Crippen molar-refractivity contribution in [2.75, 3.05) is 11.9 Å². The van der Waals surface area contributed by atoms with Crippen LogP contribution in [0, 0.1) is 11.8 Å². The summed E-state index contributed by atoms with van der Waals surface area (Å²) in [7, 11) is 0. The van der Waals surface area contributed by atoms with Crippen molar-refractivity contribution in [3.05, 3.63) is 65.7 Å². The molecule has 0 bridgehead atoms. The Morgan fingerprint density at radius 3 is 2.63 bits per heavy atom. The Balaban J connectivity index is 1.47. The number of benzene rings is 1. The van der Waals surface area contributed by atoms with Crippen LogP contribution in [0.1, 0.15) is 66.6 Å². The molecular weight excluding hydrogens is 440 g/mol. The number of rotatable bonds is 4. The van der Waals surface area contributed by atoms with E-state index < -0.39 is 0 Å². The number of fused-ring (bicyclic) bond motifs is 1. The van der Waals surface area contributed by atoms with Crippen molar-refractivity contribution in [1.29, 1.82) is 0 Å². The van der Waals surface area contributed by atoms with E-state index in [4.69, 9.17) is 10.7 Å². The van der Waals surface area contributed by atoms with E-state index in [-0.39, 0.29) is 23.9 Å². The molecule has 4 heterocycles. The van der Waals surface area contributed by atoms with E-state index in [0.717, 1.165) is 55.0 Å². The standard InChI is InChI=1S/C27H28N6O2/c1-2-7-23(34)32-16-6-9-21(32)26-31-24(25-20(28)8-5-17-33(25)26)18-11-13-19(14-12-18)27(35)30-22-10-3-4-15-29-22/h3-4,10-15,20-21H,5-6,8-9,16-17,28H2,1H3,(H,29,30,35)/t20-,21?/m0/s1. The third-order valence-corrected chi connectivity index (χ3v) is 6.66. The number of nitrogens with one attached hydrogen (secondary N) is 1. The number of pyridine rings is 1. The van der Waals surface area contributed by atoms with E-state index >= 15 is 0 Å². The molecule has 3 aromatic rings. The molecule has 2 amide bonds. The number of hydrogen-bond acceptors (Lipinski definition) is 5. The number of carbonyl (C=O) groups is 2. The molecule has 2 aliphatic heterocycles. The highest BCUT2D eigenvalue weighted by Crippen LogP contribution is 2.39. The van der Waals surface area contributed by atoms with Crippen LogP contribution in [0.4, 0.5) is 5.82 Å². The lowest BCUT2D eigenvalue weighted by Crippen LogP contribution is -2.32. The van der Waals surface area contributed by atoms with Crippen LogP contribution in [0.5, 0.6) is 0 Å². The molecule has 1 aromatic carbocycles. The fourth-order valence-corrected chi connectivity index (χ4v) is 5.03. The summed E-state index contributed by atoms with van der Waals surface area (Å²) in [5.41, 5.74) is 9.82. The number of aromatic nitrogens is 3. The first-order valence-electron chi connectivity index (χ1n) is 12.0. The zero-order valence-corrected chi connectivity index (χ0v) is 19.7. The molecule has 1 fully saturated rings. The number of nitrogens with zero attached hydrogens (tertiary/aromatic N) is 4. The predicted molar refractivity (Wildman–Crippen MR) is 133 cm³/mol. The van der Waals surface area contributed by atoms with E-state index in [1.165, 1.54) is 0 Å². The smallest absolute Gasteiger partial charge is 0.299 e. The second kappa shape index (κ2) is 9.72. The minimum atomic E-state index is -0.225. The molecule has 35 heavy (non-hydrogen) atoms. The summed E-state index contributed by atoms with van der Waals surface area (Å²) < 4.78 is 2.21. The summed E-state index contributed by atoms with van der Waals surface area (Å²) in [6, 6.07) is 12.5. The van der Waals surface area contributed by atoms with Gasteiger partial charge in [0.2, 0.25) is 0 Å². The molecule has 0 aliphatic carbocycles. The van der Waals surface area contributed by atoms with Crippen LogP contribution in [0.2, 0.25) is 0 Å². The fourth-order valence-electron chi connectivity index (χ4n) is 5.03. The van der Waals surface area contributed by atoms with E-state index in [9.17, 15) is 9.59 Å². The van der Waals surface area contributed by atoms with Crippen LogP contribution >= 0.6 is 0 Å². The van der Waals surface area contributed by atoms with Crippen molar-refractivity contribution < 1.29 is 9.59 Å². The van der Waals surface area contributed by atoms with Crippen molar-refractivity contribution >= 4 is 17.6 Å². The zero-order valence-electron chi connectivity index (χ0n) is 19.7. The number of amides is 2. The van der Waals surface area contributed by atoms with Crippen LogP contribution < -0.4 is 11.1 Å². The molecule has 0 radical (unpaired) electrons. The molecule has 1 saturated heterocycles. The third-order valence-electron chi connectivity index (χ3n) is 6.66. The molecule has 2 aromatic heterocycles. The van der Waals surface area contributed by atoms with Crippen LogP contribution in [0.15, 0.2) is 48.7 Å². The first-order chi connectivity index (χ1) is 17.1. The number of nitrogens with two attached hydrogens (primary N) is 1. The minimum Gasteiger partial charge on any atom is -0.328 e. The molecule has 3 N–H and O–H groups in total. The zero-order chi connectivity index (χ0) is 24.4. The van der Waals surface area contributed by atoms with E-state index in [1.54, 1.807) is 37.4 Å². The van der Waals surface area contributed by atoms with Crippen molar-refractivity contribution in [1.82, 2.24) is 19.4 Å². The van der Waals surface area contributed by atoms with Gasteiger partial charge in [-0.3, -0.25) is 9.59 Å². The largest absolute Gasteiger partial charge is 0.328 e. The highest BCUT2D eigenvalue weighted by Gasteiger charge is 2.36. The van der Waals surface area contributed by atoms with Gasteiger partial charge in [-0.25, -0.2) is 9.97 Å². The van der Waals surface area contributed by atoms with Crippen LogP contribution in [-0.2, 0) is 11.3 Å². The first kappa shape index (κ1) is 22.8. The van der Waals surface area contributed by atoms with Crippen LogP contribution in [0.3, 0.4) is 0 Å². The van der Waals surface area contributed by atoms with Gasteiger partial charge in [-0.15, -0.1) is 0 Å². The minimum absolute atomic E-state index is 0.107. The van der Waals surface area contributed by atoms with E-state index in [1.807, 2.05) is 23.1 Å². The average Bonchev–Trinajstić information content (AvgIpc) is 3.51. The number of imidazole rings is 1. The normalized spacial score (nSPS) is 19.0. The molecular formula is C27H28N6O2. The maximum absolute atomic E-state index is 12.6. The second-order valence-electron chi connectivity index (χ2n) is 8.88. The van der Waals surface area contributed by atoms with Gasteiger partial charge >= 0.3 is 0 Å². The van der Waals surface area contributed by atoms with Crippen molar-refractivity contribution in [2.24, 2.45) is 5.73 Å². The number of likely N-dealkylation sites (tertiary alicyclic amines) is 1. The summed E-state index contributed by atoms with van der Waals surface area (Å²) in [6.45, 7) is 3.19. The lowest BCUT2D eigenvalue weighted by Gasteiger charge is -2.27. The van der Waals surface area contributed by atoms with Gasteiger partial charge in [0.05, 0.1) is 17.4 Å².